The zero-order valence-electron chi connectivity index (χ0n) is 11.3. The van der Waals surface area contributed by atoms with Crippen LogP contribution in [0.3, 0.4) is 0 Å². The fraction of sp³-hybridized carbons (Fsp3) is 0.500. The van der Waals surface area contributed by atoms with Gasteiger partial charge in [0.2, 0.25) is 5.91 Å². The van der Waals surface area contributed by atoms with Crippen molar-refractivity contribution >= 4 is 5.91 Å². The number of hydrogen-bond donors (Lipinski definition) is 1. The molecule has 5 nitrogen and oxygen atoms in total. The number of benzene rings is 1. The number of nitrogens with two attached hydrogens (primary N) is 1. The van der Waals surface area contributed by atoms with Gasteiger partial charge in [-0.1, -0.05) is 12.1 Å². The van der Waals surface area contributed by atoms with Crippen LogP contribution in [0.4, 0.5) is 0 Å². The maximum Gasteiger partial charge on any atom is 0.236 e. The number of hydrogen-bond acceptors (Lipinski definition) is 4. The molecule has 1 aliphatic heterocycles. The van der Waals surface area contributed by atoms with Crippen LogP contribution in [0, 0.1) is 0 Å². The maximum absolute atomic E-state index is 11.6. The predicted molar refractivity (Wildman–Crippen MR) is 73.9 cm³/mol. The molecule has 0 atom stereocenters. The van der Waals surface area contributed by atoms with E-state index in [-0.39, 0.29) is 5.91 Å². The molecule has 1 saturated heterocycles. The van der Waals surface area contributed by atoms with Crippen LogP contribution in [0.25, 0.3) is 0 Å². The summed E-state index contributed by atoms with van der Waals surface area (Å²) in [5.74, 6) is 1.01. The Morgan fingerprint density at radius 3 is 2.95 bits per heavy atom. The van der Waals surface area contributed by atoms with Crippen molar-refractivity contribution in [1.82, 2.24) is 9.80 Å². The third-order valence-electron chi connectivity index (χ3n) is 3.35. The Hall–Kier alpha value is -1.59. The molecule has 0 aromatic heterocycles. The van der Waals surface area contributed by atoms with Gasteiger partial charge in [-0.2, -0.15) is 0 Å². The molecule has 0 unspecified atom stereocenters. The molecule has 1 amide bonds. The Morgan fingerprint density at radius 2 is 2.21 bits per heavy atom. The molecule has 2 N–H and O–H groups in total. The lowest BCUT2D eigenvalue weighted by Crippen LogP contribution is -2.49. The van der Waals surface area contributed by atoms with E-state index in [9.17, 15) is 4.79 Å². The van der Waals surface area contributed by atoms with Crippen molar-refractivity contribution in [2.24, 2.45) is 5.73 Å². The van der Waals surface area contributed by atoms with Gasteiger partial charge in [-0.25, -0.2) is 0 Å². The first kappa shape index (κ1) is 13.8. The summed E-state index contributed by atoms with van der Waals surface area (Å²) in [7, 11) is 1.84. The van der Waals surface area contributed by atoms with Crippen molar-refractivity contribution in [2.45, 2.75) is 6.54 Å². The van der Waals surface area contributed by atoms with Crippen LogP contribution in [0.2, 0.25) is 0 Å². The third kappa shape index (κ3) is 3.94. The number of piperazine rings is 1. The minimum atomic E-state index is 0.177. The van der Waals surface area contributed by atoms with Crippen LogP contribution < -0.4 is 10.5 Å². The van der Waals surface area contributed by atoms with Crippen LogP contribution >= 0.6 is 0 Å². The van der Waals surface area contributed by atoms with Gasteiger partial charge in [-0.15, -0.1) is 0 Å². The normalized spacial score (nSPS) is 16.7. The lowest BCUT2D eigenvalue weighted by atomic mass is 10.2. The van der Waals surface area contributed by atoms with E-state index in [4.69, 9.17) is 10.5 Å². The van der Waals surface area contributed by atoms with Gasteiger partial charge in [0.25, 0.3) is 0 Å². The number of ether oxygens (including phenoxy) is 1. The van der Waals surface area contributed by atoms with Crippen LogP contribution in [-0.4, -0.2) is 55.5 Å². The number of carbonyl (C=O) groups excluding carboxylic acids is 1. The molecule has 1 heterocycles. The van der Waals surface area contributed by atoms with E-state index in [2.05, 4.69) is 4.90 Å². The van der Waals surface area contributed by atoms with Gasteiger partial charge in [-0.3, -0.25) is 9.69 Å². The fourth-order valence-electron chi connectivity index (χ4n) is 2.05. The minimum absolute atomic E-state index is 0.177. The van der Waals surface area contributed by atoms with Crippen molar-refractivity contribution in [3.63, 3.8) is 0 Å². The summed E-state index contributed by atoms with van der Waals surface area (Å²) >= 11 is 0. The van der Waals surface area contributed by atoms with Crippen molar-refractivity contribution in [3.05, 3.63) is 29.8 Å². The van der Waals surface area contributed by atoms with E-state index >= 15 is 0 Å². The summed E-state index contributed by atoms with van der Waals surface area (Å²) in [6.45, 7) is 4.07. The molecule has 1 fully saturated rings. The first-order valence-electron chi connectivity index (χ1n) is 6.57. The quantitative estimate of drug-likeness (QED) is 0.830. The Bertz CT molecular complexity index is 436. The van der Waals surface area contributed by atoms with E-state index in [1.807, 2.05) is 31.3 Å². The number of rotatable bonds is 5. The highest BCUT2D eigenvalue weighted by Gasteiger charge is 2.20. The Morgan fingerprint density at radius 1 is 1.37 bits per heavy atom. The van der Waals surface area contributed by atoms with Crippen LogP contribution in [0.1, 0.15) is 5.56 Å². The number of likely N-dealkylation sites (N-methyl/N-ethyl adjacent to an activating group) is 1. The predicted octanol–water partition coefficient (Wildman–Crippen LogP) is 0.298. The van der Waals surface area contributed by atoms with Crippen LogP contribution in [0.15, 0.2) is 24.3 Å². The van der Waals surface area contributed by atoms with Gasteiger partial charge in [0.05, 0.1) is 6.54 Å². The molecule has 104 valence electrons. The highest BCUT2D eigenvalue weighted by molar-refractivity contribution is 5.78. The van der Waals surface area contributed by atoms with Gasteiger partial charge >= 0.3 is 0 Å². The molecule has 0 aliphatic carbocycles. The van der Waals surface area contributed by atoms with Crippen molar-refractivity contribution < 1.29 is 9.53 Å². The minimum Gasteiger partial charge on any atom is -0.492 e. The second-order valence-corrected chi connectivity index (χ2v) is 4.79. The van der Waals surface area contributed by atoms with E-state index in [0.29, 0.717) is 19.7 Å². The molecular formula is C14H21N3O2. The van der Waals surface area contributed by atoms with Gasteiger partial charge < -0.3 is 15.4 Å². The molecule has 1 aromatic rings. The molecule has 1 aliphatic rings. The smallest absolute Gasteiger partial charge is 0.236 e. The Labute approximate surface area is 113 Å². The Kier molecular flexibility index (Phi) is 4.76. The molecule has 1 aromatic carbocycles. The van der Waals surface area contributed by atoms with Crippen molar-refractivity contribution in [3.8, 4) is 5.75 Å². The fourth-order valence-corrected chi connectivity index (χ4v) is 2.05. The number of carbonyl (C=O) groups is 1. The van der Waals surface area contributed by atoms with Gasteiger partial charge in [0, 0.05) is 33.2 Å². The summed E-state index contributed by atoms with van der Waals surface area (Å²) in [5.41, 5.74) is 6.65. The van der Waals surface area contributed by atoms with Crippen LogP contribution in [-0.2, 0) is 11.3 Å². The average molecular weight is 263 g/mol. The summed E-state index contributed by atoms with van der Waals surface area (Å²) < 4.78 is 5.69. The molecular weight excluding hydrogens is 242 g/mol. The molecule has 0 spiro atoms. The lowest BCUT2D eigenvalue weighted by Gasteiger charge is -2.31. The number of nitrogens with zero attached hydrogens (tertiary/aromatic N) is 2. The summed E-state index contributed by atoms with van der Waals surface area (Å²) in [6, 6.07) is 7.80. The summed E-state index contributed by atoms with van der Waals surface area (Å²) in [4.78, 5) is 15.4. The summed E-state index contributed by atoms with van der Waals surface area (Å²) in [5, 5.41) is 0. The lowest BCUT2D eigenvalue weighted by molar-refractivity contribution is -0.134. The molecule has 5 heteroatoms. The third-order valence-corrected chi connectivity index (χ3v) is 3.35. The van der Waals surface area contributed by atoms with Gasteiger partial charge in [0.15, 0.2) is 0 Å². The zero-order valence-corrected chi connectivity index (χ0v) is 11.3. The number of amides is 1. The molecule has 0 bridgehead atoms. The van der Waals surface area contributed by atoms with Gasteiger partial charge in [-0.05, 0) is 17.7 Å². The maximum atomic E-state index is 11.6. The topological polar surface area (TPSA) is 58.8 Å². The monoisotopic (exact) mass is 263 g/mol. The molecule has 2 rings (SSSR count). The standard InChI is InChI=1S/C14H21N3O2/c1-16-5-6-17(11-14(16)18)7-8-19-13-4-2-3-12(9-13)10-15/h2-4,9H,5-8,10-11,15H2,1H3. The molecule has 0 radical (unpaired) electrons. The average Bonchev–Trinajstić information content (AvgIpc) is 2.43. The van der Waals surface area contributed by atoms with E-state index in [1.54, 1.807) is 4.90 Å². The second kappa shape index (κ2) is 6.54. The van der Waals surface area contributed by atoms with Crippen LogP contribution in [0.5, 0.6) is 5.75 Å². The largest absolute Gasteiger partial charge is 0.492 e. The molecule has 19 heavy (non-hydrogen) atoms. The van der Waals surface area contributed by atoms with E-state index in [0.717, 1.165) is 30.9 Å². The van der Waals surface area contributed by atoms with Gasteiger partial charge in [0.1, 0.15) is 12.4 Å². The SMILES string of the molecule is CN1CCN(CCOc2cccc(CN)c2)CC1=O. The highest BCUT2D eigenvalue weighted by atomic mass is 16.5. The van der Waals surface area contributed by atoms with E-state index in [1.165, 1.54) is 0 Å². The zero-order chi connectivity index (χ0) is 13.7. The first-order chi connectivity index (χ1) is 9.19. The summed E-state index contributed by atoms with van der Waals surface area (Å²) in [6.07, 6.45) is 0. The van der Waals surface area contributed by atoms with Crippen molar-refractivity contribution in [2.75, 3.05) is 39.8 Å². The van der Waals surface area contributed by atoms with E-state index < -0.39 is 0 Å². The molecule has 0 saturated carbocycles. The highest BCUT2D eigenvalue weighted by Crippen LogP contribution is 2.12. The Balaban J connectivity index is 1.75. The first-order valence-corrected chi connectivity index (χ1v) is 6.57. The van der Waals surface area contributed by atoms with Crippen molar-refractivity contribution in [1.29, 1.82) is 0 Å². The second-order valence-electron chi connectivity index (χ2n) is 4.79.